The Labute approximate surface area is 140 Å². The summed E-state index contributed by atoms with van der Waals surface area (Å²) in [5.74, 6) is -0.959. The van der Waals surface area contributed by atoms with E-state index >= 15 is 0 Å². The smallest absolute Gasteiger partial charge is 0.328 e. The van der Waals surface area contributed by atoms with Crippen LogP contribution >= 0.6 is 0 Å². The molecule has 0 radical (unpaired) electrons. The predicted molar refractivity (Wildman–Crippen MR) is 98.2 cm³/mol. The van der Waals surface area contributed by atoms with Crippen LogP contribution in [0.3, 0.4) is 0 Å². The number of carboxylic acids is 1. The van der Waals surface area contributed by atoms with Crippen molar-refractivity contribution in [3.63, 3.8) is 0 Å². The Bertz CT molecular complexity index is 830. The van der Waals surface area contributed by atoms with Gasteiger partial charge in [-0.2, -0.15) is 0 Å². The fraction of sp³-hybridized carbons (Fsp3) is 0.105. The second-order valence-corrected chi connectivity index (χ2v) is 5.74. The molecule has 2 aromatic carbocycles. The average Bonchev–Trinajstić information content (AvgIpc) is 3.39. The van der Waals surface area contributed by atoms with E-state index in [9.17, 15) is 4.79 Å². The highest BCUT2D eigenvalue weighted by molar-refractivity contribution is 5.86. The molecule has 1 fully saturated rings. The summed E-state index contributed by atoms with van der Waals surface area (Å²) in [6.45, 7) is 0. The number of hydrogen-bond acceptors (Lipinski definition) is 4. The number of aliphatic carboxylic acids is 1. The number of rotatable bonds is 5. The third-order valence-electron chi connectivity index (χ3n) is 3.83. The third-order valence-corrected chi connectivity index (χ3v) is 3.83. The fourth-order valence-corrected chi connectivity index (χ4v) is 2.40. The van der Waals surface area contributed by atoms with Crippen molar-refractivity contribution in [2.24, 2.45) is 0 Å². The van der Waals surface area contributed by atoms with Crippen LogP contribution < -0.4 is 16.8 Å². The van der Waals surface area contributed by atoms with Crippen molar-refractivity contribution in [3.8, 4) is 0 Å². The number of anilines is 3. The van der Waals surface area contributed by atoms with E-state index in [1.807, 2.05) is 42.5 Å². The molecule has 3 rings (SSSR count). The van der Waals surface area contributed by atoms with Gasteiger partial charge in [-0.1, -0.05) is 18.2 Å². The van der Waals surface area contributed by atoms with Crippen LogP contribution in [0.4, 0.5) is 17.1 Å². The summed E-state index contributed by atoms with van der Waals surface area (Å²) in [7, 11) is 0. The summed E-state index contributed by atoms with van der Waals surface area (Å²) in [5, 5.41) is 12.1. The van der Waals surface area contributed by atoms with Crippen molar-refractivity contribution in [3.05, 3.63) is 65.2 Å². The molecule has 5 nitrogen and oxygen atoms in total. The molecule has 0 aliphatic heterocycles. The zero-order chi connectivity index (χ0) is 17.1. The van der Waals surface area contributed by atoms with Gasteiger partial charge >= 0.3 is 5.97 Å². The van der Waals surface area contributed by atoms with Gasteiger partial charge in [-0.3, -0.25) is 0 Å². The number of nitrogens with two attached hydrogens (primary N) is 2. The van der Waals surface area contributed by atoms with Crippen molar-refractivity contribution in [2.75, 3.05) is 16.8 Å². The molecule has 0 amide bonds. The minimum absolute atomic E-state index is 0.571. The number of allylic oxidation sites excluding steroid dienone is 1. The van der Waals surface area contributed by atoms with Gasteiger partial charge in [0.05, 0.1) is 11.4 Å². The standard InChI is InChI=1S/C19H19N3O2/c20-16-9-6-14(11-17(16)21)19(13-4-5-13)22-15-7-1-12(2-8-15)3-10-18(23)24/h1-3,6-11,22H,4-5,20-21H2,(H,23,24)/b10-3+. The normalized spacial score (nSPS) is 13.1. The number of carboxylic acid groups (broad SMARTS) is 1. The molecule has 0 bridgehead atoms. The van der Waals surface area contributed by atoms with Gasteiger partial charge in [0, 0.05) is 23.0 Å². The van der Waals surface area contributed by atoms with E-state index in [-0.39, 0.29) is 0 Å². The first kappa shape index (κ1) is 15.7. The van der Waals surface area contributed by atoms with Gasteiger partial charge in [0.25, 0.3) is 0 Å². The Balaban J connectivity index is 1.81. The van der Waals surface area contributed by atoms with Gasteiger partial charge in [-0.05, 0) is 54.3 Å². The molecule has 1 aliphatic carbocycles. The molecular weight excluding hydrogens is 302 g/mol. The first-order chi connectivity index (χ1) is 11.5. The minimum Gasteiger partial charge on any atom is -0.478 e. The second kappa shape index (κ2) is 6.50. The van der Waals surface area contributed by atoms with Crippen LogP contribution in [0.15, 0.2) is 54.1 Å². The first-order valence-electron chi connectivity index (χ1n) is 7.68. The van der Waals surface area contributed by atoms with E-state index < -0.39 is 5.97 Å². The van der Waals surface area contributed by atoms with E-state index in [1.54, 1.807) is 6.08 Å². The van der Waals surface area contributed by atoms with E-state index in [4.69, 9.17) is 16.6 Å². The van der Waals surface area contributed by atoms with Gasteiger partial charge in [-0.15, -0.1) is 0 Å². The molecule has 24 heavy (non-hydrogen) atoms. The number of nitrogens with one attached hydrogen (secondary N) is 1. The lowest BCUT2D eigenvalue weighted by molar-refractivity contribution is -0.131. The molecule has 5 heteroatoms. The third kappa shape index (κ3) is 3.76. The van der Waals surface area contributed by atoms with E-state index in [2.05, 4.69) is 5.32 Å². The molecule has 0 unspecified atom stereocenters. The topological polar surface area (TPSA) is 101 Å². The second-order valence-electron chi connectivity index (χ2n) is 5.74. The van der Waals surface area contributed by atoms with Crippen LogP contribution in [-0.4, -0.2) is 11.1 Å². The Hall–Kier alpha value is -3.21. The van der Waals surface area contributed by atoms with Gasteiger partial charge < -0.3 is 21.9 Å². The number of benzene rings is 2. The summed E-state index contributed by atoms with van der Waals surface area (Å²) in [5.41, 5.74) is 18.1. The van der Waals surface area contributed by atoms with Gasteiger partial charge in [0.1, 0.15) is 0 Å². The van der Waals surface area contributed by atoms with Crippen LogP contribution in [-0.2, 0) is 4.79 Å². The Kier molecular flexibility index (Phi) is 4.24. The molecule has 0 heterocycles. The first-order valence-corrected chi connectivity index (χ1v) is 7.68. The van der Waals surface area contributed by atoms with Crippen LogP contribution in [0, 0.1) is 0 Å². The summed E-state index contributed by atoms with van der Waals surface area (Å²) in [4.78, 5) is 10.6. The molecule has 0 spiro atoms. The number of nitrogen functional groups attached to an aromatic ring is 2. The molecule has 0 atom stereocenters. The van der Waals surface area contributed by atoms with Crippen LogP contribution in [0.25, 0.3) is 11.8 Å². The lowest BCUT2D eigenvalue weighted by Crippen LogP contribution is -2.02. The lowest BCUT2D eigenvalue weighted by Gasteiger charge is -2.13. The average molecular weight is 321 g/mol. The summed E-state index contributed by atoms with van der Waals surface area (Å²) < 4.78 is 0. The highest BCUT2D eigenvalue weighted by Crippen LogP contribution is 2.37. The molecule has 6 N–H and O–H groups in total. The van der Waals surface area contributed by atoms with Gasteiger partial charge in [0.2, 0.25) is 0 Å². The Morgan fingerprint density at radius 3 is 2.33 bits per heavy atom. The largest absolute Gasteiger partial charge is 0.478 e. The van der Waals surface area contributed by atoms with Crippen LogP contribution in [0.1, 0.15) is 24.0 Å². The summed E-state index contributed by atoms with van der Waals surface area (Å²) in [6.07, 6.45) is 4.84. The maximum atomic E-state index is 10.6. The zero-order valence-electron chi connectivity index (χ0n) is 13.1. The maximum Gasteiger partial charge on any atom is 0.328 e. The molecular formula is C19H19N3O2. The monoisotopic (exact) mass is 321 g/mol. The number of carbonyl (C=O) groups is 1. The Morgan fingerprint density at radius 2 is 1.75 bits per heavy atom. The predicted octanol–water partition coefficient (Wildman–Crippen LogP) is 3.57. The fourth-order valence-electron chi connectivity index (χ4n) is 2.40. The summed E-state index contributed by atoms with van der Waals surface area (Å²) in [6, 6.07) is 13.2. The van der Waals surface area contributed by atoms with Crippen molar-refractivity contribution >= 4 is 34.8 Å². The quantitative estimate of drug-likeness (QED) is 0.498. The molecule has 0 aromatic heterocycles. The van der Waals surface area contributed by atoms with E-state index in [1.165, 1.54) is 5.57 Å². The molecule has 0 saturated heterocycles. The molecule has 1 saturated carbocycles. The molecule has 2 aromatic rings. The van der Waals surface area contributed by atoms with Crippen molar-refractivity contribution in [2.45, 2.75) is 12.8 Å². The van der Waals surface area contributed by atoms with Crippen molar-refractivity contribution < 1.29 is 9.90 Å². The molecule has 122 valence electrons. The van der Waals surface area contributed by atoms with Gasteiger partial charge in [-0.25, -0.2) is 4.79 Å². The Morgan fingerprint density at radius 1 is 1.04 bits per heavy atom. The molecule has 1 aliphatic rings. The SMILES string of the molecule is Nc1ccc(C(Nc2ccc(/C=C/C(=O)O)cc2)=C2CC2)cc1N. The van der Waals surface area contributed by atoms with Crippen molar-refractivity contribution in [1.82, 2.24) is 0 Å². The van der Waals surface area contributed by atoms with Crippen molar-refractivity contribution in [1.29, 1.82) is 0 Å². The van der Waals surface area contributed by atoms with Crippen LogP contribution in [0.2, 0.25) is 0 Å². The zero-order valence-corrected chi connectivity index (χ0v) is 13.1. The summed E-state index contributed by atoms with van der Waals surface area (Å²) >= 11 is 0. The number of hydrogen-bond donors (Lipinski definition) is 4. The van der Waals surface area contributed by atoms with Gasteiger partial charge in [0.15, 0.2) is 0 Å². The van der Waals surface area contributed by atoms with Crippen LogP contribution in [0.5, 0.6) is 0 Å². The minimum atomic E-state index is -0.959. The van der Waals surface area contributed by atoms with E-state index in [0.29, 0.717) is 11.4 Å². The van der Waals surface area contributed by atoms with E-state index in [0.717, 1.165) is 41.4 Å². The highest BCUT2D eigenvalue weighted by Gasteiger charge is 2.19. The maximum absolute atomic E-state index is 10.6. The highest BCUT2D eigenvalue weighted by atomic mass is 16.4. The lowest BCUT2D eigenvalue weighted by atomic mass is 10.1.